The minimum atomic E-state index is -0.299. The van der Waals surface area contributed by atoms with E-state index in [2.05, 4.69) is 47.4 Å². The first-order valence-corrected chi connectivity index (χ1v) is 8.68. The van der Waals surface area contributed by atoms with Crippen LogP contribution in [0.2, 0.25) is 0 Å². The number of aliphatic hydroxyl groups excluding tert-OH is 1. The van der Waals surface area contributed by atoms with E-state index in [4.69, 9.17) is 0 Å². The summed E-state index contributed by atoms with van der Waals surface area (Å²) in [5.41, 5.74) is 7.42. The Labute approximate surface area is 138 Å². The van der Waals surface area contributed by atoms with E-state index in [1.54, 1.807) is 0 Å². The van der Waals surface area contributed by atoms with Crippen LogP contribution in [-0.2, 0) is 6.42 Å². The molecule has 0 saturated heterocycles. The number of hydrogen-bond acceptors (Lipinski definition) is 2. The van der Waals surface area contributed by atoms with Gasteiger partial charge >= 0.3 is 0 Å². The number of rotatable bonds is 4. The Morgan fingerprint density at radius 3 is 2.35 bits per heavy atom. The predicted molar refractivity (Wildman–Crippen MR) is 94.1 cm³/mol. The fourth-order valence-electron chi connectivity index (χ4n) is 4.69. The van der Waals surface area contributed by atoms with E-state index in [1.165, 1.54) is 40.7 Å². The smallest absolute Gasteiger partial charge is 0.0707 e. The summed E-state index contributed by atoms with van der Waals surface area (Å²) >= 11 is 0. The zero-order valence-corrected chi connectivity index (χ0v) is 14.0. The SMILES string of the molecule is CN(C)CC(O)Cc1cccc2c1C1CCC2c2ccccc21. The average Bonchev–Trinajstić information content (AvgIpc) is 2.55. The first-order chi connectivity index (χ1) is 11.1. The molecule has 0 fully saturated rings. The van der Waals surface area contributed by atoms with Gasteiger partial charge in [-0.25, -0.2) is 0 Å². The first kappa shape index (κ1) is 14.9. The fraction of sp³-hybridized carbons (Fsp3) is 0.429. The van der Waals surface area contributed by atoms with Gasteiger partial charge < -0.3 is 10.0 Å². The Morgan fingerprint density at radius 2 is 1.61 bits per heavy atom. The second-order valence-corrected chi connectivity index (χ2v) is 7.35. The summed E-state index contributed by atoms with van der Waals surface area (Å²) in [6.07, 6.45) is 2.97. The van der Waals surface area contributed by atoms with Crippen molar-refractivity contribution in [3.63, 3.8) is 0 Å². The van der Waals surface area contributed by atoms with Crippen LogP contribution < -0.4 is 0 Å². The van der Waals surface area contributed by atoms with Crippen LogP contribution in [0, 0.1) is 0 Å². The molecular weight excluding hydrogens is 282 g/mol. The molecule has 2 nitrogen and oxygen atoms in total. The lowest BCUT2D eigenvalue weighted by molar-refractivity contribution is 0.136. The van der Waals surface area contributed by atoms with E-state index < -0.39 is 0 Å². The zero-order chi connectivity index (χ0) is 16.0. The lowest BCUT2D eigenvalue weighted by Crippen LogP contribution is -2.30. The van der Waals surface area contributed by atoms with E-state index >= 15 is 0 Å². The van der Waals surface area contributed by atoms with Gasteiger partial charge in [0.05, 0.1) is 6.10 Å². The van der Waals surface area contributed by atoms with Crippen molar-refractivity contribution in [3.8, 4) is 0 Å². The van der Waals surface area contributed by atoms with E-state index in [0.717, 1.165) is 6.42 Å². The highest BCUT2D eigenvalue weighted by Gasteiger charge is 2.38. The number of benzene rings is 2. The molecule has 3 atom stereocenters. The molecule has 2 heteroatoms. The third kappa shape index (κ3) is 2.50. The molecule has 0 aromatic heterocycles. The molecule has 3 aliphatic rings. The van der Waals surface area contributed by atoms with Gasteiger partial charge in [0.1, 0.15) is 0 Å². The molecule has 120 valence electrons. The molecule has 0 radical (unpaired) electrons. The molecule has 0 amide bonds. The van der Waals surface area contributed by atoms with Gasteiger partial charge in [-0.1, -0.05) is 42.5 Å². The van der Waals surface area contributed by atoms with Crippen molar-refractivity contribution in [2.45, 2.75) is 37.2 Å². The lowest BCUT2D eigenvalue weighted by Gasteiger charge is -2.41. The molecule has 2 aromatic rings. The highest BCUT2D eigenvalue weighted by molar-refractivity contribution is 5.57. The van der Waals surface area contributed by atoms with Crippen LogP contribution in [0.25, 0.3) is 0 Å². The molecule has 3 aliphatic carbocycles. The number of fused-ring (bicyclic) bond motifs is 1. The average molecular weight is 307 g/mol. The van der Waals surface area contributed by atoms with Gasteiger partial charge in [-0.2, -0.15) is 0 Å². The van der Waals surface area contributed by atoms with Gasteiger partial charge in [-0.15, -0.1) is 0 Å². The molecule has 0 heterocycles. The van der Waals surface area contributed by atoms with Gasteiger partial charge in [0.2, 0.25) is 0 Å². The molecule has 23 heavy (non-hydrogen) atoms. The molecule has 5 rings (SSSR count). The minimum absolute atomic E-state index is 0.299. The van der Waals surface area contributed by atoms with Gasteiger partial charge in [-0.3, -0.25) is 0 Å². The van der Waals surface area contributed by atoms with Crippen LogP contribution in [0.3, 0.4) is 0 Å². The van der Waals surface area contributed by atoms with Crippen LogP contribution in [0.4, 0.5) is 0 Å². The fourth-order valence-corrected chi connectivity index (χ4v) is 4.69. The van der Waals surface area contributed by atoms with E-state index in [9.17, 15) is 5.11 Å². The van der Waals surface area contributed by atoms with Gasteiger partial charge in [0, 0.05) is 18.4 Å². The Hall–Kier alpha value is -1.64. The van der Waals surface area contributed by atoms with Crippen LogP contribution in [0.15, 0.2) is 42.5 Å². The number of nitrogens with zero attached hydrogens (tertiary/aromatic N) is 1. The molecule has 0 saturated carbocycles. The van der Waals surface area contributed by atoms with Gasteiger partial charge in [0.15, 0.2) is 0 Å². The molecule has 3 unspecified atom stereocenters. The standard InChI is InChI=1S/C21H25NO/c1-22(2)13-15(23)12-14-6-5-9-19-18-10-11-20(21(14)19)17-8-4-3-7-16(17)18/h3-9,15,18,20,23H,10-13H2,1-2H3. The van der Waals surface area contributed by atoms with Crippen LogP contribution in [0.5, 0.6) is 0 Å². The van der Waals surface area contributed by atoms with E-state index in [0.29, 0.717) is 18.4 Å². The monoisotopic (exact) mass is 307 g/mol. The van der Waals surface area contributed by atoms with Crippen molar-refractivity contribution in [2.75, 3.05) is 20.6 Å². The van der Waals surface area contributed by atoms with Crippen molar-refractivity contribution in [2.24, 2.45) is 0 Å². The molecule has 0 spiro atoms. The third-order valence-corrected chi connectivity index (χ3v) is 5.48. The van der Waals surface area contributed by atoms with Crippen molar-refractivity contribution in [1.82, 2.24) is 4.90 Å². The highest BCUT2D eigenvalue weighted by atomic mass is 16.3. The van der Waals surface area contributed by atoms with Crippen molar-refractivity contribution < 1.29 is 5.11 Å². The lowest BCUT2D eigenvalue weighted by atomic mass is 9.62. The maximum atomic E-state index is 10.4. The number of aliphatic hydroxyl groups is 1. The summed E-state index contributed by atoms with van der Waals surface area (Å²) in [6, 6.07) is 15.7. The molecule has 2 bridgehead atoms. The summed E-state index contributed by atoms with van der Waals surface area (Å²) in [4.78, 5) is 2.06. The second kappa shape index (κ2) is 5.77. The molecular formula is C21H25NO. The Morgan fingerprint density at radius 1 is 0.957 bits per heavy atom. The molecule has 0 aliphatic heterocycles. The minimum Gasteiger partial charge on any atom is -0.391 e. The quantitative estimate of drug-likeness (QED) is 0.934. The number of likely N-dealkylation sites (N-methyl/N-ethyl adjacent to an activating group) is 1. The highest BCUT2D eigenvalue weighted by Crippen LogP contribution is 2.53. The van der Waals surface area contributed by atoms with Gasteiger partial charge in [0.25, 0.3) is 0 Å². The first-order valence-electron chi connectivity index (χ1n) is 8.68. The van der Waals surface area contributed by atoms with E-state index in [-0.39, 0.29) is 6.10 Å². The van der Waals surface area contributed by atoms with Crippen LogP contribution >= 0.6 is 0 Å². The Kier molecular flexibility index (Phi) is 3.74. The zero-order valence-electron chi connectivity index (χ0n) is 14.0. The van der Waals surface area contributed by atoms with E-state index in [1.807, 2.05) is 14.1 Å². The van der Waals surface area contributed by atoms with Crippen LogP contribution in [0.1, 0.15) is 52.5 Å². The summed E-state index contributed by atoms with van der Waals surface area (Å²) in [5, 5.41) is 10.4. The van der Waals surface area contributed by atoms with Gasteiger partial charge in [-0.05, 0) is 61.2 Å². The van der Waals surface area contributed by atoms with Crippen molar-refractivity contribution in [1.29, 1.82) is 0 Å². The molecule has 2 aromatic carbocycles. The normalized spacial score (nSPS) is 22.8. The van der Waals surface area contributed by atoms with Crippen molar-refractivity contribution in [3.05, 3.63) is 70.3 Å². The summed E-state index contributed by atoms with van der Waals surface area (Å²) in [7, 11) is 4.03. The second-order valence-electron chi connectivity index (χ2n) is 7.35. The topological polar surface area (TPSA) is 23.5 Å². The maximum absolute atomic E-state index is 10.4. The predicted octanol–water partition coefficient (Wildman–Crippen LogP) is 3.52. The molecule has 1 N–H and O–H groups in total. The van der Waals surface area contributed by atoms with Crippen molar-refractivity contribution >= 4 is 0 Å². The van der Waals surface area contributed by atoms with Crippen LogP contribution in [-0.4, -0.2) is 36.8 Å². The summed E-state index contributed by atoms with van der Waals surface area (Å²) < 4.78 is 0. The summed E-state index contributed by atoms with van der Waals surface area (Å²) in [5.74, 6) is 1.08. The Bertz CT molecular complexity index is 722. The largest absolute Gasteiger partial charge is 0.391 e. The Balaban J connectivity index is 1.74. The third-order valence-electron chi connectivity index (χ3n) is 5.48. The number of hydrogen-bond donors (Lipinski definition) is 1. The summed E-state index contributed by atoms with van der Waals surface area (Å²) in [6.45, 7) is 0.717. The maximum Gasteiger partial charge on any atom is 0.0707 e.